The molecular weight excluding hydrogens is 204 g/mol. The van der Waals surface area contributed by atoms with Crippen LogP contribution in [0, 0.1) is 0 Å². The Morgan fingerprint density at radius 2 is 2.31 bits per heavy atom. The van der Waals surface area contributed by atoms with E-state index in [2.05, 4.69) is 12.2 Å². The zero-order valence-corrected chi connectivity index (χ0v) is 10.2. The molecule has 2 N–H and O–H groups in total. The van der Waals surface area contributed by atoms with Gasteiger partial charge in [0.2, 0.25) is 5.91 Å². The van der Waals surface area contributed by atoms with Crippen molar-refractivity contribution in [3.8, 4) is 0 Å². The number of hydrogen-bond acceptors (Lipinski definition) is 3. The van der Waals surface area contributed by atoms with Crippen LogP contribution in [0.3, 0.4) is 0 Å². The minimum absolute atomic E-state index is 0.177. The molecule has 1 atom stereocenters. The zero-order chi connectivity index (χ0) is 11.8. The number of nitrogens with one attached hydrogen (secondary N) is 1. The summed E-state index contributed by atoms with van der Waals surface area (Å²) in [5, 5.41) is 12.1. The minimum atomic E-state index is 0.177. The topological polar surface area (TPSA) is 52.6 Å². The largest absolute Gasteiger partial charge is 0.396 e. The highest BCUT2D eigenvalue weighted by molar-refractivity contribution is 5.78. The van der Waals surface area contributed by atoms with Gasteiger partial charge in [0.05, 0.1) is 6.54 Å². The fourth-order valence-corrected chi connectivity index (χ4v) is 2.25. The van der Waals surface area contributed by atoms with Crippen LogP contribution in [0.4, 0.5) is 0 Å². The number of rotatable bonds is 6. The van der Waals surface area contributed by atoms with Crippen LogP contribution >= 0.6 is 0 Å². The van der Waals surface area contributed by atoms with E-state index in [4.69, 9.17) is 5.11 Å². The minimum Gasteiger partial charge on any atom is -0.396 e. The Hall–Kier alpha value is -0.610. The summed E-state index contributed by atoms with van der Waals surface area (Å²) in [5.41, 5.74) is 0. The first-order chi connectivity index (χ1) is 7.79. The standard InChI is InChI=1S/C12H24N2O2/c1-2-7-13-10-12(16)14-8-4-3-5-11(14)6-9-15/h11,13,15H,2-10H2,1H3. The molecule has 1 aliphatic heterocycles. The van der Waals surface area contributed by atoms with Crippen molar-refractivity contribution in [1.82, 2.24) is 10.2 Å². The summed E-state index contributed by atoms with van der Waals surface area (Å²) in [5.74, 6) is 0.187. The molecule has 0 aromatic carbocycles. The number of nitrogens with zero attached hydrogens (tertiary/aromatic N) is 1. The van der Waals surface area contributed by atoms with Crippen LogP contribution < -0.4 is 5.32 Å². The fraction of sp³-hybridized carbons (Fsp3) is 0.917. The van der Waals surface area contributed by atoms with Gasteiger partial charge < -0.3 is 15.3 Å². The van der Waals surface area contributed by atoms with Crippen molar-refractivity contribution < 1.29 is 9.90 Å². The summed E-state index contributed by atoms with van der Waals surface area (Å²) < 4.78 is 0. The smallest absolute Gasteiger partial charge is 0.236 e. The SMILES string of the molecule is CCCNCC(=O)N1CCCCC1CCO. The summed E-state index contributed by atoms with van der Waals surface area (Å²) in [4.78, 5) is 13.9. The molecule has 0 bridgehead atoms. The van der Waals surface area contributed by atoms with Crippen molar-refractivity contribution in [3.05, 3.63) is 0 Å². The van der Waals surface area contributed by atoms with E-state index in [1.807, 2.05) is 4.90 Å². The molecule has 0 spiro atoms. The number of carbonyl (C=O) groups is 1. The summed E-state index contributed by atoms with van der Waals surface area (Å²) in [6.45, 7) is 4.46. The Kier molecular flexibility index (Phi) is 6.42. The first-order valence-corrected chi connectivity index (χ1v) is 6.40. The van der Waals surface area contributed by atoms with E-state index in [-0.39, 0.29) is 18.6 Å². The number of aliphatic hydroxyl groups is 1. The van der Waals surface area contributed by atoms with Gasteiger partial charge in [-0.15, -0.1) is 0 Å². The third-order valence-electron chi connectivity index (χ3n) is 3.11. The van der Waals surface area contributed by atoms with Gasteiger partial charge in [-0.3, -0.25) is 4.79 Å². The van der Waals surface area contributed by atoms with Crippen molar-refractivity contribution in [2.45, 2.75) is 45.1 Å². The Morgan fingerprint density at radius 1 is 1.50 bits per heavy atom. The van der Waals surface area contributed by atoms with Crippen LogP contribution in [0.2, 0.25) is 0 Å². The van der Waals surface area contributed by atoms with E-state index in [1.54, 1.807) is 0 Å². The molecule has 4 heteroatoms. The van der Waals surface area contributed by atoms with Crippen LogP contribution in [0.25, 0.3) is 0 Å². The summed E-state index contributed by atoms with van der Waals surface area (Å²) >= 11 is 0. The molecule has 1 rings (SSSR count). The summed E-state index contributed by atoms with van der Waals surface area (Å²) in [6, 6.07) is 0.259. The monoisotopic (exact) mass is 228 g/mol. The second-order valence-electron chi connectivity index (χ2n) is 4.43. The molecule has 1 heterocycles. The van der Waals surface area contributed by atoms with Crippen LogP contribution in [0.15, 0.2) is 0 Å². The van der Waals surface area contributed by atoms with Gasteiger partial charge in [0.25, 0.3) is 0 Å². The van der Waals surface area contributed by atoms with Gasteiger partial charge in [0.1, 0.15) is 0 Å². The molecule has 1 fully saturated rings. The molecule has 1 saturated heterocycles. The number of aliphatic hydroxyl groups excluding tert-OH is 1. The van der Waals surface area contributed by atoms with E-state index >= 15 is 0 Å². The maximum absolute atomic E-state index is 11.9. The number of likely N-dealkylation sites (tertiary alicyclic amines) is 1. The van der Waals surface area contributed by atoms with Gasteiger partial charge >= 0.3 is 0 Å². The molecule has 4 nitrogen and oxygen atoms in total. The van der Waals surface area contributed by atoms with Gasteiger partial charge in [0.15, 0.2) is 0 Å². The number of amides is 1. The van der Waals surface area contributed by atoms with Crippen molar-refractivity contribution >= 4 is 5.91 Å². The van der Waals surface area contributed by atoms with Crippen molar-refractivity contribution in [2.75, 3.05) is 26.2 Å². The van der Waals surface area contributed by atoms with Gasteiger partial charge in [-0.05, 0) is 38.6 Å². The van der Waals surface area contributed by atoms with Crippen LogP contribution in [0.5, 0.6) is 0 Å². The highest BCUT2D eigenvalue weighted by Gasteiger charge is 2.25. The predicted octanol–water partition coefficient (Wildman–Crippen LogP) is 0.749. The molecule has 16 heavy (non-hydrogen) atoms. The Labute approximate surface area is 98.0 Å². The summed E-state index contributed by atoms with van der Waals surface area (Å²) in [7, 11) is 0. The molecule has 94 valence electrons. The maximum atomic E-state index is 11.9. The van der Waals surface area contributed by atoms with E-state index in [1.165, 1.54) is 6.42 Å². The first-order valence-electron chi connectivity index (χ1n) is 6.40. The molecule has 0 radical (unpaired) electrons. The van der Waals surface area contributed by atoms with Crippen LogP contribution in [0.1, 0.15) is 39.0 Å². The van der Waals surface area contributed by atoms with Crippen molar-refractivity contribution in [3.63, 3.8) is 0 Å². The van der Waals surface area contributed by atoms with Gasteiger partial charge in [0, 0.05) is 19.2 Å². The molecule has 1 unspecified atom stereocenters. The summed E-state index contributed by atoms with van der Waals surface area (Å²) in [6.07, 6.45) is 5.09. The predicted molar refractivity (Wildman–Crippen MR) is 64.2 cm³/mol. The quantitative estimate of drug-likeness (QED) is 0.660. The highest BCUT2D eigenvalue weighted by atomic mass is 16.3. The Bertz CT molecular complexity index is 207. The Balaban J connectivity index is 2.37. The molecule has 0 aromatic heterocycles. The first kappa shape index (κ1) is 13.5. The third-order valence-corrected chi connectivity index (χ3v) is 3.11. The van der Waals surface area contributed by atoms with Crippen molar-refractivity contribution in [2.24, 2.45) is 0 Å². The second kappa shape index (κ2) is 7.63. The average molecular weight is 228 g/mol. The third kappa shape index (κ3) is 4.10. The molecule has 0 aliphatic carbocycles. The highest BCUT2D eigenvalue weighted by Crippen LogP contribution is 2.19. The van der Waals surface area contributed by atoms with E-state index in [0.29, 0.717) is 6.54 Å². The second-order valence-corrected chi connectivity index (χ2v) is 4.43. The van der Waals surface area contributed by atoms with Gasteiger partial charge in [-0.1, -0.05) is 6.92 Å². The molecule has 0 aromatic rings. The Morgan fingerprint density at radius 3 is 3.00 bits per heavy atom. The van der Waals surface area contributed by atoms with E-state index < -0.39 is 0 Å². The molecule has 0 saturated carbocycles. The van der Waals surface area contributed by atoms with Crippen LogP contribution in [-0.4, -0.2) is 48.2 Å². The van der Waals surface area contributed by atoms with Gasteiger partial charge in [-0.25, -0.2) is 0 Å². The number of piperidine rings is 1. The lowest BCUT2D eigenvalue weighted by molar-refractivity contribution is -0.134. The number of hydrogen-bond donors (Lipinski definition) is 2. The van der Waals surface area contributed by atoms with Crippen LogP contribution in [-0.2, 0) is 4.79 Å². The average Bonchev–Trinajstić information content (AvgIpc) is 2.30. The molecular formula is C12H24N2O2. The van der Waals surface area contributed by atoms with E-state index in [9.17, 15) is 4.79 Å². The zero-order valence-electron chi connectivity index (χ0n) is 10.2. The fourth-order valence-electron chi connectivity index (χ4n) is 2.25. The van der Waals surface area contributed by atoms with E-state index in [0.717, 1.165) is 38.8 Å². The van der Waals surface area contributed by atoms with Gasteiger partial charge in [-0.2, -0.15) is 0 Å². The number of carbonyl (C=O) groups excluding carboxylic acids is 1. The normalized spacial score (nSPS) is 21.1. The molecule has 1 aliphatic rings. The lowest BCUT2D eigenvalue weighted by Gasteiger charge is -2.35. The lowest BCUT2D eigenvalue weighted by Crippen LogP contribution is -2.47. The molecule has 1 amide bonds. The van der Waals surface area contributed by atoms with Crippen molar-refractivity contribution in [1.29, 1.82) is 0 Å². The maximum Gasteiger partial charge on any atom is 0.236 e. The lowest BCUT2D eigenvalue weighted by atomic mass is 9.99.